The van der Waals surface area contributed by atoms with E-state index in [4.69, 9.17) is 0 Å². The molecule has 3 atom stereocenters. The third-order valence-electron chi connectivity index (χ3n) is 3.59. The summed E-state index contributed by atoms with van der Waals surface area (Å²) in [5.41, 5.74) is -0.0325. The third kappa shape index (κ3) is 1.86. The molecular formula is C13H18O2Si. The van der Waals surface area contributed by atoms with E-state index in [0.29, 0.717) is 0 Å². The summed E-state index contributed by atoms with van der Waals surface area (Å²) in [6.07, 6.45) is 2.42. The van der Waals surface area contributed by atoms with Crippen molar-refractivity contribution < 1.29 is 10.2 Å². The fourth-order valence-corrected chi connectivity index (χ4v) is 5.95. The number of rotatable bonds is 2. The number of hydrogen-bond acceptors (Lipinski definition) is 2. The van der Waals surface area contributed by atoms with E-state index < -0.39 is 20.3 Å². The van der Waals surface area contributed by atoms with E-state index in [1.807, 2.05) is 18.2 Å². The van der Waals surface area contributed by atoms with Gasteiger partial charge in [0.05, 0.1) is 20.3 Å². The molecule has 16 heavy (non-hydrogen) atoms. The van der Waals surface area contributed by atoms with Crippen molar-refractivity contribution in [2.75, 3.05) is 0 Å². The number of aliphatic hydroxyl groups is 2. The molecule has 1 aromatic carbocycles. The maximum absolute atomic E-state index is 9.94. The summed E-state index contributed by atoms with van der Waals surface area (Å²) < 4.78 is 0. The molecule has 86 valence electrons. The molecule has 1 aromatic rings. The van der Waals surface area contributed by atoms with E-state index in [-0.39, 0.29) is 5.54 Å². The van der Waals surface area contributed by atoms with Crippen LogP contribution >= 0.6 is 0 Å². The average Bonchev–Trinajstić information content (AvgIpc) is 2.60. The molecule has 0 spiro atoms. The molecule has 1 aliphatic rings. The minimum atomic E-state index is -1.84. The third-order valence-corrected chi connectivity index (χ3v) is 7.76. The van der Waals surface area contributed by atoms with Crippen molar-refractivity contribution in [3.05, 3.63) is 42.5 Å². The van der Waals surface area contributed by atoms with Crippen molar-refractivity contribution >= 4 is 13.3 Å². The first-order valence-corrected chi connectivity index (χ1v) is 8.71. The first-order valence-electron chi connectivity index (χ1n) is 5.63. The van der Waals surface area contributed by atoms with Crippen LogP contribution in [0.1, 0.15) is 0 Å². The normalized spacial score (nSPS) is 29.6. The molecule has 1 unspecified atom stereocenters. The predicted molar refractivity (Wildman–Crippen MR) is 68.5 cm³/mol. The Morgan fingerprint density at radius 3 is 1.94 bits per heavy atom. The zero-order chi connectivity index (χ0) is 11.8. The van der Waals surface area contributed by atoms with Gasteiger partial charge in [-0.3, -0.25) is 0 Å². The van der Waals surface area contributed by atoms with Crippen LogP contribution in [0.15, 0.2) is 42.5 Å². The first kappa shape index (κ1) is 11.6. The fourth-order valence-electron chi connectivity index (χ4n) is 2.58. The molecule has 0 heterocycles. The van der Waals surface area contributed by atoms with E-state index in [9.17, 15) is 10.2 Å². The van der Waals surface area contributed by atoms with Gasteiger partial charge in [-0.1, -0.05) is 60.8 Å². The fraction of sp³-hybridized carbons (Fsp3) is 0.385. The monoisotopic (exact) mass is 234 g/mol. The largest absolute Gasteiger partial charge is 0.389 e. The molecule has 0 amide bonds. The van der Waals surface area contributed by atoms with E-state index >= 15 is 0 Å². The zero-order valence-electron chi connectivity index (χ0n) is 9.67. The van der Waals surface area contributed by atoms with Crippen LogP contribution in [0.2, 0.25) is 18.6 Å². The van der Waals surface area contributed by atoms with Crippen LogP contribution < -0.4 is 5.19 Å². The summed E-state index contributed by atoms with van der Waals surface area (Å²) in [4.78, 5) is 0. The minimum absolute atomic E-state index is 0.0325. The summed E-state index contributed by atoms with van der Waals surface area (Å²) in [5.74, 6) is 0. The maximum atomic E-state index is 9.94. The highest BCUT2D eigenvalue weighted by Gasteiger charge is 2.43. The van der Waals surface area contributed by atoms with Crippen molar-refractivity contribution in [3.63, 3.8) is 0 Å². The Kier molecular flexibility index (Phi) is 3.01. The molecule has 2 N–H and O–H groups in total. The number of benzene rings is 1. The second-order valence-electron chi connectivity index (χ2n) is 4.98. The summed E-state index contributed by atoms with van der Waals surface area (Å²) >= 11 is 0. The van der Waals surface area contributed by atoms with Gasteiger partial charge in [0.25, 0.3) is 0 Å². The van der Waals surface area contributed by atoms with Gasteiger partial charge in [-0.2, -0.15) is 0 Å². The molecule has 0 aromatic heterocycles. The van der Waals surface area contributed by atoms with Gasteiger partial charge >= 0.3 is 0 Å². The molecule has 2 nitrogen and oxygen atoms in total. The molecule has 3 heteroatoms. The molecule has 0 radical (unpaired) electrons. The molecule has 1 aliphatic carbocycles. The van der Waals surface area contributed by atoms with E-state index in [0.717, 1.165) is 0 Å². The molecule has 0 saturated carbocycles. The summed E-state index contributed by atoms with van der Waals surface area (Å²) in [5, 5.41) is 21.2. The number of hydrogen-bond donors (Lipinski definition) is 2. The summed E-state index contributed by atoms with van der Waals surface area (Å²) in [7, 11) is -1.84. The van der Waals surface area contributed by atoms with Crippen molar-refractivity contribution in [2.24, 2.45) is 0 Å². The van der Waals surface area contributed by atoms with E-state index in [1.165, 1.54) is 5.19 Å². The predicted octanol–water partition coefficient (Wildman–Crippen LogP) is 1.26. The highest BCUT2D eigenvalue weighted by Crippen LogP contribution is 2.34. The van der Waals surface area contributed by atoms with Gasteiger partial charge in [0.15, 0.2) is 0 Å². The second kappa shape index (κ2) is 4.16. The lowest BCUT2D eigenvalue weighted by Gasteiger charge is -2.34. The van der Waals surface area contributed by atoms with Crippen LogP contribution in [0.5, 0.6) is 0 Å². The maximum Gasteiger partial charge on any atom is 0.0900 e. The van der Waals surface area contributed by atoms with Gasteiger partial charge in [-0.15, -0.1) is 0 Å². The van der Waals surface area contributed by atoms with Crippen molar-refractivity contribution in [1.29, 1.82) is 0 Å². The highest BCUT2D eigenvalue weighted by atomic mass is 28.3. The molecule has 0 aliphatic heterocycles. The lowest BCUT2D eigenvalue weighted by molar-refractivity contribution is 0.148. The van der Waals surface area contributed by atoms with Crippen LogP contribution in [0.3, 0.4) is 0 Å². The number of aliphatic hydroxyl groups excluding tert-OH is 2. The Balaban J connectivity index is 2.32. The van der Waals surface area contributed by atoms with Gasteiger partial charge in [0, 0.05) is 5.54 Å². The zero-order valence-corrected chi connectivity index (χ0v) is 10.7. The van der Waals surface area contributed by atoms with Crippen LogP contribution in [-0.2, 0) is 0 Å². The Morgan fingerprint density at radius 1 is 0.938 bits per heavy atom. The van der Waals surface area contributed by atoms with Crippen molar-refractivity contribution in [2.45, 2.75) is 30.8 Å². The van der Waals surface area contributed by atoms with Gasteiger partial charge < -0.3 is 10.2 Å². The van der Waals surface area contributed by atoms with E-state index in [2.05, 4.69) is 25.2 Å². The Bertz CT molecular complexity index is 374. The average molecular weight is 234 g/mol. The van der Waals surface area contributed by atoms with Gasteiger partial charge in [0.2, 0.25) is 0 Å². The van der Waals surface area contributed by atoms with Crippen molar-refractivity contribution in [3.8, 4) is 0 Å². The Morgan fingerprint density at radius 2 is 1.44 bits per heavy atom. The Hall–Kier alpha value is -0.903. The molecule has 0 bridgehead atoms. The van der Waals surface area contributed by atoms with Crippen molar-refractivity contribution in [1.82, 2.24) is 0 Å². The highest BCUT2D eigenvalue weighted by molar-refractivity contribution is 6.91. The lowest BCUT2D eigenvalue weighted by atomic mass is 10.3. The Labute approximate surface area is 97.3 Å². The van der Waals surface area contributed by atoms with Crippen LogP contribution in [0.4, 0.5) is 0 Å². The summed E-state index contributed by atoms with van der Waals surface area (Å²) in [6.45, 7) is 4.40. The standard InChI is InChI=1S/C13H18O2Si/c1-16(2,10-6-4-3-5-7-10)13-11(14)8-9-12(13)15/h3-9,11-15H,1-2H3/t11-,12+,13?. The van der Waals surface area contributed by atoms with Crippen LogP contribution in [0.25, 0.3) is 0 Å². The van der Waals surface area contributed by atoms with Crippen LogP contribution in [-0.4, -0.2) is 30.5 Å². The quantitative estimate of drug-likeness (QED) is 0.597. The SMILES string of the molecule is C[Si](C)(c1ccccc1)C1[C@H](O)C=C[C@@H]1O. The van der Waals surface area contributed by atoms with Gasteiger partial charge in [0.1, 0.15) is 0 Å². The molecular weight excluding hydrogens is 216 g/mol. The first-order chi connectivity index (χ1) is 7.53. The molecule has 0 saturated heterocycles. The second-order valence-corrected chi connectivity index (χ2v) is 9.67. The minimum Gasteiger partial charge on any atom is -0.389 e. The van der Waals surface area contributed by atoms with E-state index in [1.54, 1.807) is 12.2 Å². The summed E-state index contributed by atoms with van der Waals surface area (Å²) in [6, 6.07) is 10.2. The molecule has 2 rings (SSSR count). The topological polar surface area (TPSA) is 40.5 Å². The molecule has 0 fully saturated rings. The lowest BCUT2D eigenvalue weighted by Crippen LogP contribution is -2.51. The van der Waals surface area contributed by atoms with Crippen LogP contribution in [0, 0.1) is 0 Å². The van der Waals surface area contributed by atoms with Gasteiger partial charge in [-0.05, 0) is 0 Å². The van der Waals surface area contributed by atoms with Gasteiger partial charge in [-0.25, -0.2) is 0 Å². The smallest absolute Gasteiger partial charge is 0.0900 e.